The van der Waals surface area contributed by atoms with Gasteiger partial charge in [0.15, 0.2) is 0 Å². The summed E-state index contributed by atoms with van der Waals surface area (Å²) in [6.07, 6.45) is 0.879. The average molecular weight is 381 g/mol. The Morgan fingerprint density at radius 1 is 1.20 bits per heavy atom. The second-order valence-electron chi connectivity index (χ2n) is 5.67. The Balaban J connectivity index is 1.61. The summed E-state index contributed by atoms with van der Waals surface area (Å²) < 4.78 is 5.36. The number of carbonyl (C=O) groups is 2. The van der Waals surface area contributed by atoms with E-state index < -0.39 is 12.1 Å². The molecule has 1 aromatic rings. The van der Waals surface area contributed by atoms with Gasteiger partial charge >= 0.3 is 6.09 Å². The van der Waals surface area contributed by atoms with E-state index in [9.17, 15) is 9.59 Å². The molecule has 0 aromatic heterocycles. The van der Waals surface area contributed by atoms with Gasteiger partial charge in [0.2, 0.25) is 5.91 Å². The van der Waals surface area contributed by atoms with Crippen LogP contribution in [0.4, 0.5) is 4.79 Å². The number of oxime groups is 1. The molecule has 2 fully saturated rings. The van der Waals surface area contributed by atoms with Gasteiger partial charge < -0.3 is 14.8 Å². The molecule has 134 valence electrons. The first kappa shape index (κ1) is 17.9. The molecule has 2 aliphatic heterocycles. The van der Waals surface area contributed by atoms with Crippen LogP contribution >= 0.6 is 23.5 Å². The van der Waals surface area contributed by atoms with E-state index >= 15 is 0 Å². The number of rotatable bonds is 4. The molecule has 2 atom stereocenters. The molecule has 1 N–H and O–H groups in total. The zero-order valence-electron chi connectivity index (χ0n) is 13.5. The molecule has 0 spiro atoms. The van der Waals surface area contributed by atoms with Gasteiger partial charge in [0, 0.05) is 11.5 Å². The molecule has 7 nitrogen and oxygen atoms in total. The largest absolute Gasteiger partial charge is 0.445 e. The third kappa shape index (κ3) is 4.21. The minimum absolute atomic E-state index is 0.128. The standard InChI is InChI=1S/C16H19N3O4S2/c20-15(18-10-24-8-13(18)6-17-22)14-9-25-11-19(14)16(21)23-7-12-4-2-1-3-5-12/h1-6,13-14,22H,7-11H2/t13-,14+/m1/s1. The van der Waals surface area contributed by atoms with Gasteiger partial charge in [-0.1, -0.05) is 35.5 Å². The molecule has 0 bridgehead atoms. The van der Waals surface area contributed by atoms with Gasteiger partial charge in [-0.05, 0) is 5.56 Å². The maximum atomic E-state index is 12.8. The quantitative estimate of drug-likeness (QED) is 0.488. The smallest absolute Gasteiger partial charge is 0.411 e. The summed E-state index contributed by atoms with van der Waals surface area (Å²) in [6.45, 7) is 0.182. The zero-order valence-corrected chi connectivity index (χ0v) is 15.1. The van der Waals surface area contributed by atoms with Crippen LogP contribution in [0.2, 0.25) is 0 Å². The second-order valence-corrected chi connectivity index (χ2v) is 7.67. The molecule has 2 saturated heterocycles. The molecule has 0 aliphatic carbocycles. The predicted molar refractivity (Wildman–Crippen MR) is 97.8 cm³/mol. The molecule has 0 radical (unpaired) electrons. The first-order valence-electron chi connectivity index (χ1n) is 7.81. The van der Waals surface area contributed by atoms with Gasteiger partial charge in [-0.15, -0.1) is 23.5 Å². The van der Waals surface area contributed by atoms with E-state index in [0.29, 0.717) is 23.3 Å². The van der Waals surface area contributed by atoms with Crippen LogP contribution in [-0.2, 0) is 16.1 Å². The van der Waals surface area contributed by atoms with Gasteiger partial charge in [-0.3, -0.25) is 9.69 Å². The maximum Gasteiger partial charge on any atom is 0.411 e. The van der Waals surface area contributed by atoms with Crippen LogP contribution in [0.25, 0.3) is 0 Å². The van der Waals surface area contributed by atoms with Crippen molar-refractivity contribution in [1.82, 2.24) is 9.80 Å². The molecule has 1 aromatic carbocycles. The predicted octanol–water partition coefficient (Wildman–Crippen LogP) is 2.06. The Hall–Kier alpha value is -1.87. The molecule has 0 saturated carbocycles. The Bertz CT molecular complexity index is 644. The normalized spacial score (nSPS) is 23.4. The molecular weight excluding hydrogens is 362 g/mol. The fourth-order valence-electron chi connectivity index (χ4n) is 2.71. The average Bonchev–Trinajstić information content (AvgIpc) is 3.30. The van der Waals surface area contributed by atoms with E-state index in [1.807, 2.05) is 30.3 Å². The van der Waals surface area contributed by atoms with Gasteiger partial charge in [0.25, 0.3) is 0 Å². The van der Waals surface area contributed by atoms with Crippen molar-refractivity contribution in [3.05, 3.63) is 35.9 Å². The van der Waals surface area contributed by atoms with Crippen molar-refractivity contribution in [2.24, 2.45) is 5.16 Å². The lowest BCUT2D eigenvalue weighted by atomic mass is 10.2. The second kappa shape index (κ2) is 8.48. The minimum Gasteiger partial charge on any atom is -0.445 e. The van der Waals surface area contributed by atoms with Crippen LogP contribution in [0.5, 0.6) is 0 Å². The van der Waals surface area contributed by atoms with E-state index in [4.69, 9.17) is 9.94 Å². The van der Waals surface area contributed by atoms with Crippen LogP contribution < -0.4 is 0 Å². The summed E-state index contributed by atoms with van der Waals surface area (Å²) >= 11 is 3.13. The molecule has 2 heterocycles. The number of ether oxygens (including phenoxy) is 1. The Kier molecular flexibility index (Phi) is 6.09. The van der Waals surface area contributed by atoms with E-state index in [2.05, 4.69) is 5.16 Å². The van der Waals surface area contributed by atoms with Crippen LogP contribution in [-0.4, -0.2) is 68.6 Å². The fourth-order valence-corrected chi connectivity index (χ4v) is 4.97. The molecule has 0 unspecified atom stereocenters. The van der Waals surface area contributed by atoms with Crippen molar-refractivity contribution in [2.75, 3.05) is 23.3 Å². The zero-order chi connectivity index (χ0) is 17.6. The SMILES string of the molecule is O=C([C@@H]1CSCN1C(=O)OCc1ccccc1)N1CSC[C@H]1C=NO. The number of thioether (sulfide) groups is 2. The summed E-state index contributed by atoms with van der Waals surface area (Å²) in [5.74, 6) is 2.07. The fraction of sp³-hybridized carbons (Fsp3) is 0.438. The van der Waals surface area contributed by atoms with Crippen molar-refractivity contribution >= 4 is 41.7 Å². The first-order chi connectivity index (χ1) is 12.2. The highest BCUT2D eigenvalue weighted by atomic mass is 32.2. The number of benzene rings is 1. The summed E-state index contributed by atoms with van der Waals surface area (Å²) in [4.78, 5) is 28.4. The maximum absolute atomic E-state index is 12.8. The van der Waals surface area contributed by atoms with Gasteiger partial charge in [0.1, 0.15) is 12.6 Å². The molecule has 25 heavy (non-hydrogen) atoms. The topological polar surface area (TPSA) is 82.4 Å². The lowest BCUT2D eigenvalue weighted by molar-refractivity contribution is -0.134. The van der Waals surface area contributed by atoms with Crippen molar-refractivity contribution in [3.8, 4) is 0 Å². The highest BCUT2D eigenvalue weighted by Gasteiger charge is 2.41. The minimum atomic E-state index is -0.540. The van der Waals surface area contributed by atoms with E-state index in [0.717, 1.165) is 5.56 Å². The molecule has 3 rings (SSSR count). The Labute approximate surface area is 154 Å². The highest BCUT2D eigenvalue weighted by Crippen LogP contribution is 2.27. The summed E-state index contributed by atoms with van der Waals surface area (Å²) in [5, 5.41) is 11.8. The van der Waals surface area contributed by atoms with Crippen molar-refractivity contribution in [3.63, 3.8) is 0 Å². The number of hydrogen-bond donors (Lipinski definition) is 1. The van der Waals surface area contributed by atoms with Crippen molar-refractivity contribution in [2.45, 2.75) is 18.7 Å². The Morgan fingerprint density at radius 3 is 2.68 bits per heavy atom. The number of amides is 2. The van der Waals surface area contributed by atoms with E-state index in [-0.39, 0.29) is 18.6 Å². The lowest BCUT2D eigenvalue weighted by Crippen LogP contribution is -2.51. The molecular formula is C16H19N3O4S2. The van der Waals surface area contributed by atoms with E-state index in [1.54, 1.807) is 16.7 Å². The number of carbonyl (C=O) groups excluding carboxylic acids is 2. The van der Waals surface area contributed by atoms with Crippen LogP contribution in [0.3, 0.4) is 0 Å². The first-order valence-corrected chi connectivity index (χ1v) is 10.1. The third-order valence-electron chi connectivity index (χ3n) is 4.05. The lowest BCUT2D eigenvalue weighted by Gasteiger charge is -2.28. The molecule has 2 amide bonds. The van der Waals surface area contributed by atoms with Crippen molar-refractivity contribution < 1.29 is 19.5 Å². The van der Waals surface area contributed by atoms with Crippen molar-refractivity contribution in [1.29, 1.82) is 0 Å². The number of nitrogens with zero attached hydrogens (tertiary/aromatic N) is 3. The monoisotopic (exact) mass is 381 g/mol. The molecule has 9 heteroatoms. The van der Waals surface area contributed by atoms with Gasteiger partial charge in [-0.25, -0.2) is 4.79 Å². The van der Waals surface area contributed by atoms with Gasteiger partial charge in [-0.2, -0.15) is 0 Å². The van der Waals surface area contributed by atoms with Crippen LogP contribution in [0, 0.1) is 0 Å². The highest BCUT2D eigenvalue weighted by molar-refractivity contribution is 7.99. The Morgan fingerprint density at radius 2 is 1.92 bits per heavy atom. The van der Waals surface area contributed by atoms with Crippen LogP contribution in [0.1, 0.15) is 5.56 Å². The number of hydrogen-bond acceptors (Lipinski definition) is 7. The third-order valence-corrected chi connectivity index (χ3v) is 6.10. The summed E-state index contributed by atoms with van der Waals surface area (Å²) in [7, 11) is 0. The summed E-state index contributed by atoms with van der Waals surface area (Å²) in [6, 6.07) is 8.66. The van der Waals surface area contributed by atoms with Crippen LogP contribution in [0.15, 0.2) is 35.5 Å². The van der Waals surface area contributed by atoms with Gasteiger partial charge in [0.05, 0.1) is 24.0 Å². The molecule has 2 aliphatic rings. The van der Waals surface area contributed by atoms with E-state index in [1.165, 1.54) is 22.9 Å². The summed E-state index contributed by atoms with van der Waals surface area (Å²) in [5.41, 5.74) is 0.903.